The number of rotatable bonds is 10. The maximum Gasteiger partial charge on any atom is 0.254 e. The fourth-order valence-electron chi connectivity index (χ4n) is 4.78. The number of hydrogen-bond donors (Lipinski definition) is 0. The maximum absolute atomic E-state index is 13.8. The standard InChI is InChI=1S/C30H36N2O3S/c1-4-5-6-23-9-13-25(14-10-23)30(34)31(18-19-35-3)21-28(33)32-17-15-27-26(16-20-36-27)29(32)24-11-7-22(2)8-12-24/h7-14,16,20,29H,4-6,15,17-19,21H2,1-3H3. The summed E-state index contributed by atoms with van der Waals surface area (Å²) in [6.07, 6.45) is 4.12. The van der Waals surface area contributed by atoms with E-state index in [0.29, 0.717) is 25.3 Å². The molecule has 2 heterocycles. The molecule has 36 heavy (non-hydrogen) atoms. The van der Waals surface area contributed by atoms with Gasteiger partial charge in [-0.15, -0.1) is 11.3 Å². The summed E-state index contributed by atoms with van der Waals surface area (Å²) in [7, 11) is 1.61. The first kappa shape index (κ1) is 26.1. The predicted molar refractivity (Wildman–Crippen MR) is 146 cm³/mol. The second-order valence-corrected chi connectivity index (χ2v) is 10.5. The molecule has 1 unspecified atom stereocenters. The first-order valence-corrected chi connectivity index (χ1v) is 13.7. The number of fused-ring (bicyclic) bond motifs is 1. The van der Waals surface area contributed by atoms with Crippen LogP contribution in [0.5, 0.6) is 0 Å². The van der Waals surface area contributed by atoms with Gasteiger partial charge < -0.3 is 14.5 Å². The number of hydrogen-bond acceptors (Lipinski definition) is 4. The Balaban J connectivity index is 1.55. The lowest BCUT2D eigenvalue weighted by atomic mass is 9.92. The lowest BCUT2D eigenvalue weighted by Crippen LogP contribution is -2.47. The van der Waals surface area contributed by atoms with E-state index in [1.807, 2.05) is 29.2 Å². The zero-order chi connectivity index (χ0) is 25.5. The molecular weight excluding hydrogens is 468 g/mol. The first-order chi connectivity index (χ1) is 17.5. The third kappa shape index (κ3) is 6.05. The molecule has 0 radical (unpaired) electrons. The zero-order valence-electron chi connectivity index (χ0n) is 21.5. The Morgan fingerprint density at radius 1 is 1.08 bits per heavy atom. The van der Waals surface area contributed by atoms with Crippen LogP contribution in [0.15, 0.2) is 60.0 Å². The van der Waals surface area contributed by atoms with E-state index >= 15 is 0 Å². The van der Waals surface area contributed by atoms with Crippen LogP contribution in [0.4, 0.5) is 0 Å². The van der Waals surface area contributed by atoms with Gasteiger partial charge in [0.05, 0.1) is 12.6 Å². The molecular formula is C30H36N2O3S. The van der Waals surface area contributed by atoms with Gasteiger partial charge in [-0.3, -0.25) is 9.59 Å². The van der Waals surface area contributed by atoms with Crippen LogP contribution in [0.1, 0.15) is 63.3 Å². The van der Waals surface area contributed by atoms with Gasteiger partial charge in [0.15, 0.2) is 0 Å². The summed E-state index contributed by atoms with van der Waals surface area (Å²) in [6.45, 7) is 5.66. The van der Waals surface area contributed by atoms with Crippen molar-refractivity contribution in [3.8, 4) is 0 Å². The van der Waals surface area contributed by atoms with Gasteiger partial charge in [-0.05, 0) is 66.5 Å². The molecule has 0 bridgehead atoms. The molecule has 2 amide bonds. The number of aryl methyl sites for hydroxylation is 2. The average Bonchev–Trinajstić information content (AvgIpc) is 3.38. The number of carbonyl (C=O) groups excluding carboxylic acids is 2. The minimum atomic E-state index is -0.137. The summed E-state index contributed by atoms with van der Waals surface area (Å²) in [6, 6.07) is 18.2. The van der Waals surface area contributed by atoms with Crippen molar-refractivity contribution in [3.05, 3.63) is 92.7 Å². The lowest BCUT2D eigenvalue weighted by molar-refractivity contribution is -0.134. The largest absolute Gasteiger partial charge is 0.383 e. The topological polar surface area (TPSA) is 49.9 Å². The molecule has 5 nitrogen and oxygen atoms in total. The van der Waals surface area contributed by atoms with Crippen LogP contribution in [-0.4, -0.2) is 55.0 Å². The van der Waals surface area contributed by atoms with E-state index in [4.69, 9.17) is 4.74 Å². The Labute approximate surface area is 218 Å². The maximum atomic E-state index is 13.8. The van der Waals surface area contributed by atoms with Gasteiger partial charge in [0, 0.05) is 30.6 Å². The van der Waals surface area contributed by atoms with Crippen molar-refractivity contribution >= 4 is 23.2 Å². The summed E-state index contributed by atoms with van der Waals surface area (Å²) in [5.74, 6) is -0.177. The lowest BCUT2D eigenvalue weighted by Gasteiger charge is -2.37. The normalized spacial score (nSPS) is 15.0. The smallest absolute Gasteiger partial charge is 0.254 e. The number of thiophene rings is 1. The van der Waals surface area contributed by atoms with Gasteiger partial charge in [-0.25, -0.2) is 0 Å². The van der Waals surface area contributed by atoms with Crippen LogP contribution in [0, 0.1) is 6.92 Å². The highest BCUT2D eigenvalue weighted by atomic mass is 32.1. The average molecular weight is 505 g/mol. The number of amides is 2. The van der Waals surface area contributed by atoms with Gasteiger partial charge in [-0.1, -0.05) is 55.3 Å². The Morgan fingerprint density at radius 3 is 2.53 bits per heavy atom. The van der Waals surface area contributed by atoms with Gasteiger partial charge >= 0.3 is 0 Å². The molecule has 6 heteroatoms. The molecule has 0 saturated carbocycles. The van der Waals surface area contributed by atoms with E-state index in [9.17, 15) is 9.59 Å². The van der Waals surface area contributed by atoms with Crippen molar-refractivity contribution in [1.29, 1.82) is 0 Å². The molecule has 0 saturated heterocycles. The minimum Gasteiger partial charge on any atom is -0.383 e. The van der Waals surface area contributed by atoms with E-state index in [1.54, 1.807) is 23.3 Å². The van der Waals surface area contributed by atoms with Crippen molar-refractivity contribution in [2.75, 3.05) is 33.4 Å². The van der Waals surface area contributed by atoms with Crippen LogP contribution in [0.2, 0.25) is 0 Å². The molecule has 1 atom stereocenters. The SMILES string of the molecule is CCCCc1ccc(C(=O)N(CCOC)CC(=O)N2CCc3sccc3C2c2ccc(C)cc2)cc1. The van der Waals surface area contributed by atoms with Gasteiger partial charge in [0.25, 0.3) is 5.91 Å². The van der Waals surface area contributed by atoms with Crippen LogP contribution < -0.4 is 0 Å². The van der Waals surface area contributed by atoms with E-state index in [2.05, 4.69) is 49.6 Å². The second-order valence-electron chi connectivity index (χ2n) is 9.47. The van der Waals surface area contributed by atoms with E-state index in [0.717, 1.165) is 31.2 Å². The molecule has 2 aromatic carbocycles. The summed E-state index contributed by atoms with van der Waals surface area (Å²) < 4.78 is 5.27. The zero-order valence-corrected chi connectivity index (χ0v) is 22.4. The van der Waals surface area contributed by atoms with E-state index in [1.165, 1.54) is 21.6 Å². The monoisotopic (exact) mass is 504 g/mol. The predicted octanol–water partition coefficient (Wildman–Crippen LogP) is 5.66. The van der Waals surface area contributed by atoms with Crippen LogP contribution in [0.25, 0.3) is 0 Å². The highest BCUT2D eigenvalue weighted by Crippen LogP contribution is 2.38. The summed E-state index contributed by atoms with van der Waals surface area (Å²) in [5.41, 5.74) is 5.32. The fraction of sp³-hybridized carbons (Fsp3) is 0.400. The second kappa shape index (κ2) is 12.3. The Morgan fingerprint density at radius 2 is 1.83 bits per heavy atom. The van der Waals surface area contributed by atoms with E-state index in [-0.39, 0.29) is 24.4 Å². The van der Waals surface area contributed by atoms with Crippen molar-refractivity contribution < 1.29 is 14.3 Å². The third-order valence-corrected chi connectivity index (χ3v) is 7.87. The fourth-order valence-corrected chi connectivity index (χ4v) is 5.68. The number of unbranched alkanes of at least 4 members (excludes halogenated alkanes) is 1. The summed E-state index contributed by atoms with van der Waals surface area (Å²) in [5, 5.41) is 2.11. The highest BCUT2D eigenvalue weighted by Gasteiger charge is 2.34. The van der Waals surface area contributed by atoms with Gasteiger partial charge in [0.2, 0.25) is 5.91 Å². The number of benzene rings is 2. The Bertz CT molecular complexity index is 1150. The molecule has 4 rings (SSSR count). The van der Waals surface area contributed by atoms with Crippen molar-refractivity contribution in [1.82, 2.24) is 9.80 Å². The van der Waals surface area contributed by atoms with Crippen LogP contribution in [-0.2, 0) is 22.4 Å². The molecule has 0 fully saturated rings. The molecule has 0 N–H and O–H groups in total. The Hall–Kier alpha value is -2.96. The van der Waals surface area contributed by atoms with Crippen molar-refractivity contribution in [2.24, 2.45) is 0 Å². The van der Waals surface area contributed by atoms with Crippen molar-refractivity contribution in [2.45, 2.75) is 45.6 Å². The summed E-state index contributed by atoms with van der Waals surface area (Å²) in [4.78, 5) is 32.1. The highest BCUT2D eigenvalue weighted by molar-refractivity contribution is 7.10. The molecule has 1 aromatic heterocycles. The molecule has 0 spiro atoms. The first-order valence-electron chi connectivity index (χ1n) is 12.8. The number of nitrogens with zero attached hydrogens (tertiary/aromatic N) is 2. The molecule has 1 aliphatic heterocycles. The quantitative estimate of drug-likeness (QED) is 0.358. The van der Waals surface area contributed by atoms with Gasteiger partial charge in [0.1, 0.15) is 6.54 Å². The molecule has 1 aliphatic rings. The minimum absolute atomic E-state index is 0.0294. The number of methoxy groups -OCH3 is 1. The number of ether oxygens (including phenoxy) is 1. The summed E-state index contributed by atoms with van der Waals surface area (Å²) >= 11 is 1.75. The van der Waals surface area contributed by atoms with E-state index < -0.39 is 0 Å². The molecule has 190 valence electrons. The molecule has 3 aromatic rings. The number of carbonyl (C=O) groups is 2. The van der Waals surface area contributed by atoms with Crippen LogP contribution in [0.3, 0.4) is 0 Å². The van der Waals surface area contributed by atoms with Gasteiger partial charge in [-0.2, -0.15) is 0 Å². The van der Waals surface area contributed by atoms with Crippen LogP contribution >= 0.6 is 11.3 Å². The Kier molecular flexibility index (Phi) is 8.94. The van der Waals surface area contributed by atoms with Crippen molar-refractivity contribution in [3.63, 3.8) is 0 Å². The molecule has 0 aliphatic carbocycles. The third-order valence-electron chi connectivity index (χ3n) is 6.88.